The lowest BCUT2D eigenvalue weighted by Crippen LogP contribution is -2.30. The molecule has 1 saturated carbocycles. The van der Waals surface area contributed by atoms with Crippen LogP contribution in [0.4, 0.5) is 8.78 Å². The zero-order chi connectivity index (χ0) is 14.2. The van der Waals surface area contributed by atoms with E-state index < -0.39 is 11.6 Å². The van der Waals surface area contributed by atoms with Crippen molar-refractivity contribution < 1.29 is 8.78 Å². The number of aryl methyl sites for hydroxylation is 1. The summed E-state index contributed by atoms with van der Waals surface area (Å²) in [5.74, 6) is 0.534. The van der Waals surface area contributed by atoms with Crippen LogP contribution in [0.25, 0.3) is 0 Å². The van der Waals surface area contributed by atoms with Crippen molar-refractivity contribution >= 4 is 0 Å². The first-order valence-electron chi connectivity index (χ1n) is 7.09. The van der Waals surface area contributed by atoms with Gasteiger partial charge in [0.05, 0.1) is 0 Å². The maximum atomic E-state index is 13.9. The largest absolute Gasteiger partial charge is 0.324 e. The van der Waals surface area contributed by atoms with E-state index in [2.05, 4.69) is 13.8 Å². The molecule has 3 unspecified atom stereocenters. The van der Waals surface area contributed by atoms with Gasteiger partial charge < -0.3 is 5.73 Å². The molecule has 19 heavy (non-hydrogen) atoms. The van der Waals surface area contributed by atoms with Gasteiger partial charge in [0, 0.05) is 17.7 Å². The van der Waals surface area contributed by atoms with E-state index in [1.807, 2.05) is 0 Å². The first-order chi connectivity index (χ1) is 8.88. The van der Waals surface area contributed by atoms with E-state index >= 15 is 0 Å². The quantitative estimate of drug-likeness (QED) is 0.847. The summed E-state index contributed by atoms with van der Waals surface area (Å²) in [6, 6.07) is 2.20. The van der Waals surface area contributed by atoms with Crippen molar-refractivity contribution in [1.29, 1.82) is 0 Å². The molecular formula is C16H23F2N. The predicted octanol–water partition coefficient (Wildman–Crippen LogP) is 4.35. The van der Waals surface area contributed by atoms with E-state index in [-0.39, 0.29) is 12.0 Å². The Balaban J connectivity index is 2.23. The lowest BCUT2D eigenvalue weighted by Gasteiger charge is -2.35. The van der Waals surface area contributed by atoms with E-state index in [1.54, 1.807) is 13.0 Å². The molecule has 1 aromatic carbocycles. The van der Waals surface area contributed by atoms with Crippen LogP contribution >= 0.6 is 0 Å². The first kappa shape index (κ1) is 14.4. The van der Waals surface area contributed by atoms with Crippen LogP contribution < -0.4 is 5.73 Å². The molecule has 0 spiro atoms. The van der Waals surface area contributed by atoms with Gasteiger partial charge in [0.25, 0.3) is 0 Å². The number of benzene rings is 1. The Hall–Kier alpha value is -0.960. The second-order valence-electron chi connectivity index (χ2n) is 6.33. The first-order valence-corrected chi connectivity index (χ1v) is 7.09. The third kappa shape index (κ3) is 3.14. The predicted molar refractivity (Wildman–Crippen MR) is 73.7 cm³/mol. The molecule has 0 saturated heterocycles. The Morgan fingerprint density at radius 3 is 2.21 bits per heavy atom. The molecule has 1 aliphatic rings. The zero-order valence-corrected chi connectivity index (χ0v) is 11.9. The minimum Gasteiger partial charge on any atom is -0.324 e. The molecule has 0 heterocycles. The van der Waals surface area contributed by atoms with Gasteiger partial charge in [-0.3, -0.25) is 0 Å². The second-order valence-corrected chi connectivity index (χ2v) is 6.33. The number of nitrogens with two attached hydrogens (primary N) is 1. The summed E-state index contributed by atoms with van der Waals surface area (Å²) in [5, 5.41) is 0. The van der Waals surface area contributed by atoms with Crippen molar-refractivity contribution in [2.24, 2.45) is 23.5 Å². The molecule has 3 atom stereocenters. The highest BCUT2D eigenvalue weighted by molar-refractivity contribution is 5.28. The molecule has 0 radical (unpaired) electrons. The standard InChI is InChI=1S/C16H23F2N/c1-9-4-10(2)6-12(5-9)16(19)13-7-11(3)14(17)8-15(13)18/h7-10,12,16H,4-6,19H2,1-3H3. The lowest BCUT2D eigenvalue weighted by molar-refractivity contribution is 0.191. The van der Waals surface area contributed by atoms with E-state index in [4.69, 9.17) is 5.73 Å². The normalized spacial score (nSPS) is 29.3. The Labute approximate surface area is 114 Å². The van der Waals surface area contributed by atoms with Crippen LogP contribution in [0, 0.1) is 36.3 Å². The Bertz CT molecular complexity index is 448. The highest BCUT2D eigenvalue weighted by Gasteiger charge is 2.30. The van der Waals surface area contributed by atoms with Gasteiger partial charge in [-0.05, 0) is 55.6 Å². The highest BCUT2D eigenvalue weighted by atomic mass is 19.1. The SMILES string of the molecule is Cc1cc(C(N)C2CC(C)CC(C)C2)c(F)cc1F. The average Bonchev–Trinajstić information content (AvgIpc) is 2.31. The van der Waals surface area contributed by atoms with Gasteiger partial charge in [0.2, 0.25) is 0 Å². The smallest absolute Gasteiger partial charge is 0.130 e. The molecule has 3 heteroatoms. The van der Waals surface area contributed by atoms with Crippen molar-refractivity contribution in [3.63, 3.8) is 0 Å². The summed E-state index contributed by atoms with van der Waals surface area (Å²) < 4.78 is 27.2. The molecule has 0 aliphatic heterocycles. The van der Waals surface area contributed by atoms with Crippen LogP contribution in [0.3, 0.4) is 0 Å². The van der Waals surface area contributed by atoms with Crippen molar-refractivity contribution in [2.45, 2.75) is 46.1 Å². The molecule has 1 aliphatic carbocycles. The van der Waals surface area contributed by atoms with Crippen LogP contribution in [0.2, 0.25) is 0 Å². The summed E-state index contributed by atoms with van der Waals surface area (Å²) in [4.78, 5) is 0. The summed E-state index contributed by atoms with van der Waals surface area (Å²) in [7, 11) is 0. The summed E-state index contributed by atoms with van der Waals surface area (Å²) in [6.07, 6.45) is 3.27. The van der Waals surface area contributed by atoms with Gasteiger partial charge in [-0.15, -0.1) is 0 Å². The van der Waals surface area contributed by atoms with Gasteiger partial charge in [-0.25, -0.2) is 8.78 Å². The number of hydrogen-bond donors (Lipinski definition) is 1. The molecule has 1 nitrogen and oxygen atoms in total. The summed E-state index contributed by atoms with van der Waals surface area (Å²) in [5.41, 5.74) is 7.18. The monoisotopic (exact) mass is 267 g/mol. The molecule has 2 rings (SSSR count). The Morgan fingerprint density at radius 1 is 1.05 bits per heavy atom. The van der Waals surface area contributed by atoms with Crippen LogP contribution in [0.5, 0.6) is 0 Å². The van der Waals surface area contributed by atoms with Crippen LogP contribution in [-0.2, 0) is 0 Å². The van der Waals surface area contributed by atoms with E-state index in [9.17, 15) is 8.78 Å². The third-order valence-corrected chi connectivity index (χ3v) is 4.36. The van der Waals surface area contributed by atoms with E-state index in [0.717, 1.165) is 18.9 Å². The van der Waals surface area contributed by atoms with Crippen LogP contribution in [0.1, 0.15) is 50.3 Å². The molecular weight excluding hydrogens is 244 g/mol. The number of hydrogen-bond acceptors (Lipinski definition) is 1. The van der Waals surface area contributed by atoms with Gasteiger partial charge in [0.1, 0.15) is 11.6 Å². The topological polar surface area (TPSA) is 26.0 Å². The zero-order valence-electron chi connectivity index (χ0n) is 11.9. The fourth-order valence-electron chi connectivity index (χ4n) is 3.49. The minimum atomic E-state index is -0.513. The van der Waals surface area contributed by atoms with Crippen molar-refractivity contribution in [3.05, 3.63) is 34.9 Å². The maximum absolute atomic E-state index is 13.9. The van der Waals surface area contributed by atoms with E-state index in [1.165, 1.54) is 6.42 Å². The lowest BCUT2D eigenvalue weighted by atomic mass is 9.72. The molecule has 0 aromatic heterocycles. The summed E-state index contributed by atoms with van der Waals surface area (Å²) in [6.45, 7) is 6.10. The molecule has 0 amide bonds. The summed E-state index contributed by atoms with van der Waals surface area (Å²) >= 11 is 0. The van der Waals surface area contributed by atoms with Gasteiger partial charge in [0.15, 0.2) is 0 Å². The average molecular weight is 267 g/mol. The number of halogens is 2. The molecule has 1 aromatic rings. The Morgan fingerprint density at radius 2 is 1.63 bits per heavy atom. The minimum absolute atomic E-state index is 0.290. The third-order valence-electron chi connectivity index (χ3n) is 4.36. The van der Waals surface area contributed by atoms with Crippen molar-refractivity contribution in [1.82, 2.24) is 0 Å². The van der Waals surface area contributed by atoms with Crippen molar-refractivity contribution in [3.8, 4) is 0 Å². The fraction of sp³-hybridized carbons (Fsp3) is 0.625. The van der Waals surface area contributed by atoms with Crippen molar-refractivity contribution in [2.75, 3.05) is 0 Å². The van der Waals surface area contributed by atoms with Gasteiger partial charge in [-0.2, -0.15) is 0 Å². The van der Waals surface area contributed by atoms with Crippen LogP contribution in [-0.4, -0.2) is 0 Å². The molecule has 2 N–H and O–H groups in total. The maximum Gasteiger partial charge on any atom is 0.130 e. The molecule has 0 bridgehead atoms. The van der Waals surface area contributed by atoms with Gasteiger partial charge >= 0.3 is 0 Å². The van der Waals surface area contributed by atoms with Gasteiger partial charge in [-0.1, -0.05) is 13.8 Å². The van der Waals surface area contributed by atoms with Crippen LogP contribution in [0.15, 0.2) is 12.1 Å². The highest BCUT2D eigenvalue weighted by Crippen LogP contribution is 2.39. The molecule has 106 valence electrons. The second kappa shape index (κ2) is 5.58. The Kier molecular flexibility index (Phi) is 4.24. The molecule has 1 fully saturated rings. The fourth-order valence-corrected chi connectivity index (χ4v) is 3.49. The number of rotatable bonds is 2. The van der Waals surface area contributed by atoms with E-state index in [0.29, 0.717) is 23.0 Å².